The molecular formula is C14H21N3O2S. The van der Waals surface area contributed by atoms with Crippen LogP contribution in [0, 0.1) is 19.3 Å². The Hall–Kier alpha value is -1.43. The molecule has 0 bridgehead atoms. The molecule has 20 heavy (non-hydrogen) atoms. The summed E-state index contributed by atoms with van der Waals surface area (Å²) in [7, 11) is 0. The number of primary amides is 1. The van der Waals surface area contributed by atoms with Gasteiger partial charge in [-0.05, 0) is 33.1 Å². The lowest BCUT2D eigenvalue weighted by Gasteiger charge is -2.40. The molecule has 0 radical (unpaired) electrons. The molecule has 1 saturated heterocycles. The highest BCUT2D eigenvalue weighted by Crippen LogP contribution is 2.34. The molecule has 0 aromatic carbocycles. The van der Waals surface area contributed by atoms with E-state index in [-0.39, 0.29) is 11.8 Å². The van der Waals surface area contributed by atoms with Crippen molar-refractivity contribution in [2.24, 2.45) is 11.1 Å². The number of aromatic nitrogens is 1. The van der Waals surface area contributed by atoms with Gasteiger partial charge in [-0.1, -0.05) is 6.92 Å². The van der Waals surface area contributed by atoms with Crippen molar-refractivity contribution in [3.05, 3.63) is 15.6 Å². The Kier molecular flexibility index (Phi) is 4.13. The van der Waals surface area contributed by atoms with Crippen LogP contribution < -0.4 is 5.73 Å². The number of carbonyl (C=O) groups excluding carboxylic acids is 2. The van der Waals surface area contributed by atoms with Crippen molar-refractivity contribution in [2.45, 2.75) is 40.0 Å². The number of aryl methyl sites for hydroxylation is 2. The van der Waals surface area contributed by atoms with E-state index in [1.54, 1.807) is 4.90 Å². The first kappa shape index (κ1) is 15.0. The SMILES string of the molecule is CCC1(C(N)=O)CCCN(C(=O)c2sc(C)nc2C)C1. The fourth-order valence-electron chi connectivity index (χ4n) is 2.84. The molecule has 0 saturated carbocycles. The molecule has 0 spiro atoms. The van der Waals surface area contributed by atoms with E-state index in [0.29, 0.717) is 24.4 Å². The van der Waals surface area contributed by atoms with Crippen LogP contribution in [-0.2, 0) is 4.79 Å². The van der Waals surface area contributed by atoms with Gasteiger partial charge in [0, 0.05) is 13.1 Å². The molecule has 2 rings (SSSR count). The van der Waals surface area contributed by atoms with E-state index in [4.69, 9.17) is 5.73 Å². The number of amides is 2. The molecule has 2 amide bonds. The average molecular weight is 295 g/mol. The molecular weight excluding hydrogens is 274 g/mol. The quantitative estimate of drug-likeness (QED) is 0.925. The molecule has 6 heteroatoms. The van der Waals surface area contributed by atoms with Gasteiger partial charge in [-0.15, -0.1) is 11.3 Å². The van der Waals surface area contributed by atoms with Crippen molar-refractivity contribution < 1.29 is 9.59 Å². The van der Waals surface area contributed by atoms with Gasteiger partial charge in [-0.3, -0.25) is 9.59 Å². The highest BCUT2D eigenvalue weighted by atomic mass is 32.1. The second-order valence-corrected chi connectivity index (χ2v) is 6.68. The van der Waals surface area contributed by atoms with Crippen LogP contribution in [0.2, 0.25) is 0 Å². The summed E-state index contributed by atoms with van der Waals surface area (Å²) in [5, 5.41) is 0.888. The number of thiazole rings is 1. The molecule has 1 aromatic rings. The molecule has 2 N–H and O–H groups in total. The maximum atomic E-state index is 12.6. The molecule has 110 valence electrons. The number of piperidine rings is 1. The lowest BCUT2D eigenvalue weighted by Crippen LogP contribution is -2.51. The topological polar surface area (TPSA) is 76.3 Å². The summed E-state index contributed by atoms with van der Waals surface area (Å²) in [6, 6.07) is 0. The van der Waals surface area contributed by atoms with Crippen molar-refractivity contribution in [2.75, 3.05) is 13.1 Å². The molecule has 1 aliphatic rings. The van der Waals surface area contributed by atoms with E-state index in [1.165, 1.54) is 11.3 Å². The van der Waals surface area contributed by atoms with Crippen LogP contribution in [0.3, 0.4) is 0 Å². The van der Waals surface area contributed by atoms with Gasteiger partial charge in [-0.25, -0.2) is 4.98 Å². The maximum absolute atomic E-state index is 12.6. The first-order valence-electron chi connectivity index (χ1n) is 6.93. The molecule has 5 nitrogen and oxygen atoms in total. The van der Waals surface area contributed by atoms with Crippen molar-refractivity contribution in [3.63, 3.8) is 0 Å². The molecule has 2 heterocycles. The summed E-state index contributed by atoms with van der Waals surface area (Å²) in [6.45, 7) is 6.81. The highest BCUT2D eigenvalue weighted by molar-refractivity contribution is 7.13. The summed E-state index contributed by atoms with van der Waals surface area (Å²) in [5.74, 6) is -0.318. The summed E-state index contributed by atoms with van der Waals surface area (Å²) in [6.07, 6.45) is 2.26. The zero-order valence-corrected chi connectivity index (χ0v) is 13.0. The van der Waals surface area contributed by atoms with E-state index in [1.807, 2.05) is 20.8 Å². The van der Waals surface area contributed by atoms with E-state index >= 15 is 0 Å². The minimum absolute atomic E-state index is 0.0214. The second-order valence-electron chi connectivity index (χ2n) is 5.48. The fraction of sp³-hybridized carbons (Fsp3) is 0.643. The average Bonchev–Trinajstić information content (AvgIpc) is 2.76. The zero-order valence-electron chi connectivity index (χ0n) is 12.2. The number of carbonyl (C=O) groups is 2. The van der Waals surface area contributed by atoms with Gasteiger partial charge < -0.3 is 10.6 Å². The van der Waals surface area contributed by atoms with Gasteiger partial charge in [-0.2, -0.15) is 0 Å². The lowest BCUT2D eigenvalue weighted by atomic mass is 9.77. The molecule has 1 aliphatic heterocycles. The maximum Gasteiger partial charge on any atom is 0.265 e. The third-order valence-corrected chi connectivity index (χ3v) is 5.22. The van der Waals surface area contributed by atoms with Crippen LogP contribution in [0.15, 0.2) is 0 Å². The van der Waals surface area contributed by atoms with Gasteiger partial charge in [0.05, 0.1) is 16.1 Å². The van der Waals surface area contributed by atoms with Gasteiger partial charge in [0.2, 0.25) is 5.91 Å². The smallest absolute Gasteiger partial charge is 0.265 e. The molecule has 1 unspecified atom stereocenters. The van der Waals surface area contributed by atoms with Gasteiger partial charge in [0.25, 0.3) is 5.91 Å². The molecule has 1 fully saturated rings. The standard InChI is InChI=1S/C14H21N3O2S/c1-4-14(13(15)19)6-5-7-17(8-14)12(18)11-9(2)16-10(3)20-11/h4-8H2,1-3H3,(H2,15,19). The predicted molar refractivity (Wildman–Crippen MR) is 78.6 cm³/mol. The number of hydrogen-bond acceptors (Lipinski definition) is 4. The first-order valence-corrected chi connectivity index (χ1v) is 7.74. The second kappa shape index (κ2) is 5.52. The van der Waals surface area contributed by atoms with E-state index in [2.05, 4.69) is 4.98 Å². The van der Waals surface area contributed by atoms with Crippen LogP contribution in [0.25, 0.3) is 0 Å². The minimum atomic E-state index is -0.568. The largest absolute Gasteiger partial charge is 0.369 e. The summed E-state index contributed by atoms with van der Waals surface area (Å²) < 4.78 is 0. The van der Waals surface area contributed by atoms with Crippen molar-refractivity contribution >= 4 is 23.2 Å². The van der Waals surface area contributed by atoms with Crippen LogP contribution in [0.5, 0.6) is 0 Å². The summed E-state index contributed by atoms with van der Waals surface area (Å²) in [5.41, 5.74) is 5.76. The van der Waals surface area contributed by atoms with Crippen LogP contribution in [-0.4, -0.2) is 34.8 Å². The van der Waals surface area contributed by atoms with Crippen LogP contribution in [0.1, 0.15) is 46.6 Å². The van der Waals surface area contributed by atoms with E-state index in [9.17, 15) is 9.59 Å². The molecule has 1 aromatic heterocycles. The highest BCUT2D eigenvalue weighted by Gasteiger charge is 2.41. The Labute approximate surface area is 123 Å². The Balaban J connectivity index is 2.23. The third kappa shape index (κ3) is 2.57. The van der Waals surface area contributed by atoms with Crippen LogP contribution in [0.4, 0.5) is 0 Å². The third-order valence-electron chi connectivity index (χ3n) is 4.16. The normalized spacial score (nSPS) is 22.9. The van der Waals surface area contributed by atoms with Crippen molar-refractivity contribution in [1.82, 2.24) is 9.88 Å². The molecule has 1 atom stereocenters. The fourth-order valence-corrected chi connectivity index (χ4v) is 3.73. The van der Waals surface area contributed by atoms with Crippen molar-refractivity contribution in [3.8, 4) is 0 Å². The minimum Gasteiger partial charge on any atom is -0.369 e. The number of rotatable bonds is 3. The van der Waals surface area contributed by atoms with Gasteiger partial charge >= 0.3 is 0 Å². The summed E-state index contributed by atoms with van der Waals surface area (Å²) >= 11 is 1.41. The van der Waals surface area contributed by atoms with Gasteiger partial charge in [0.1, 0.15) is 4.88 Å². The Morgan fingerprint density at radius 1 is 1.45 bits per heavy atom. The van der Waals surface area contributed by atoms with Gasteiger partial charge in [0.15, 0.2) is 0 Å². The summed E-state index contributed by atoms with van der Waals surface area (Å²) in [4.78, 5) is 31.1. The Morgan fingerprint density at radius 2 is 2.15 bits per heavy atom. The predicted octanol–water partition coefficient (Wildman–Crippen LogP) is 1.88. The van der Waals surface area contributed by atoms with E-state index < -0.39 is 5.41 Å². The number of likely N-dealkylation sites (tertiary alicyclic amines) is 1. The monoisotopic (exact) mass is 295 g/mol. The molecule has 0 aliphatic carbocycles. The number of nitrogens with zero attached hydrogens (tertiary/aromatic N) is 2. The van der Waals surface area contributed by atoms with Crippen LogP contribution >= 0.6 is 11.3 Å². The number of hydrogen-bond donors (Lipinski definition) is 1. The Morgan fingerprint density at radius 3 is 2.65 bits per heavy atom. The Bertz CT molecular complexity index is 541. The zero-order chi connectivity index (χ0) is 14.9. The first-order chi connectivity index (χ1) is 9.39. The van der Waals surface area contributed by atoms with E-state index in [0.717, 1.165) is 23.5 Å². The number of nitrogens with two attached hydrogens (primary N) is 1. The lowest BCUT2D eigenvalue weighted by molar-refractivity contribution is -0.130. The van der Waals surface area contributed by atoms with Crippen molar-refractivity contribution in [1.29, 1.82) is 0 Å².